The summed E-state index contributed by atoms with van der Waals surface area (Å²) in [4.78, 5) is 29.7. The number of likely N-dealkylation sites (N-methyl/N-ethyl adjacent to an activating group) is 1. The fourth-order valence-electron chi connectivity index (χ4n) is 3.19. The Morgan fingerprint density at radius 2 is 2.00 bits per heavy atom. The Hall–Kier alpha value is -2.18. The molecule has 1 aromatic heterocycles. The molecule has 0 spiro atoms. The van der Waals surface area contributed by atoms with Crippen LogP contribution in [-0.4, -0.2) is 54.0 Å². The van der Waals surface area contributed by atoms with Gasteiger partial charge in [-0.15, -0.1) is 11.3 Å². The van der Waals surface area contributed by atoms with E-state index in [1.807, 2.05) is 36.5 Å². The van der Waals surface area contributed by atoms with Crippen molar-refractivity contribution in [3.05, 3.63) is 57.8 Å². The summed E-state index contributed by atoms with van der Waals surface area (Å²) in [6.45, 7) is 1.18. The molecule has 1 amide bonds. The third-order valence-electron chi connectivity index (χ3n) is 4.33. The van der Waals surface area contributed by atoms with Crippen LogP contribution in [0.1, 0.15) is 32.8 Å². The molecule has 5 nitrogen and oxygen atoms in total. The minimum Gasteiger partial charge on any atom is -0.481 e. The highest BCUT2D eigenvalue weighted by atomic mass is 32.1. The van der Waals surface area contributed by atoms with Crippen LogP contribution >= 0.6 is 11.3 Å². The predicted octanol–water partition coefficient (Wildman–Crippen LogP) is 2.68. The number of hydrogen-bond acceptors (Lipinski definition) is 4. The molecule has 0 saturated carbocycles. The highest BCUT2D eigenvalue weighted by Crippen LogP contribution is 2.43. The number of aliphatic carboxylic acids is 1. The zero-order valence-electron chi connectivity index (χ0n) is 13.7. The van der Waals surface area contributed by atoms with Gasteiger partial charge in [-0.05, 0) is 37.2 Å². The van der Waals surface area contributed by atoms with Crippen LogP contribution in [-0.2, 0) is 4.79 Å². The zero-order valence-corrected chi connectivity index (χ0v) is 14.5. The molecule has 0 bridgehead atoms. The molecule has 2 heterocycles. The van der Waals surface area contributed by atoms with Crippen LogP contribution in [0, 0.1) is 0 Å². The number of fused-ring (bicyclic) bond motifs is 1. The maximum Gasteiger partial charge on any atom is 0.313 e. The molecular formula is C18H20N2O3S. The fourth-order valence-corrected chi connectivity index (χ4v) is 4.06. The Bertz CT molecular complexity index is 742. The molecule has 2 unspecified atom stereocenters. The molecular weight excluding hydrogens is 324 g/mol. The van der Waals surface area contributed by atoms with Crippen molar-refractivity contribution in [3.63, 3.8) is 0 Å². The summed E-state index contributed by atoms with van der Waals surface area (Å²) in [5.41, 5.74) is 1.10. The molecule has 1 aliphatic rings. The molecule has 0 radical (unpaired) electrons. The first-order chi connectivity index (χ1) is 11.5. The highest BCUT2D eigenvalue weighted by molar-refractivity contribution is 7.10. The molecule has 1 aliphatic heterocycles. The maximum absolute atomic E-state index is 13.0. The van der Waals surface area contributed by atoms with Crippen molar-refractivity contribution in [2.24, 2.45) is 0 Å². The Kier molecular flexibility index (Phi) is 4.69. The van der Waals surface area contributed by atoms with E-state index in [2.05, 4.69) is 0 Å². The summed E-state index contributed by atoms with van der Waals surface area (Å²) in [5.74, 6) is -1.74. The monoisotopic (exact) mass is 344 g/mol. The lowest BCUT2D eigenvalue weighted by atomic mass is 9.82. The van der Waals surface area contributed by atoms with Gasteiger partial charge in [-0.3, -0.25) is 9.59 Å². The molecule has 24 heavy (non-hydrogen) atoms. The number of carboxylic acid groups (broad SMARTS) is 1. The van der Waals surface area contributed by atoms with Gasteiger partial charge in [0.2, 0.25) is 0 Å². The van der Waals surface area contributed by atoms with Gasteiger partial charge in [0, 0.05) is 23.5 Å². The summed E-state index contributed by atoms with van der Waals surface area (Å²) in [6.07, 6.45) is 0. The highest BCUT2D eigenvalue weighted by Gasteiger charge is 2.44. The lowest BCUT2D eigenvalue weighted by Crippen LogP contribution is -2.46. The fraction of sp³-hybridized carbons (Fsp3) is 0.333. The van der Waals surface area contributed by atoms with E-state index in [-0.39, 0.29) is 5.91 Å². The maximum atomic E-state index is 13.0. The minimum absolute atomic E-state index is 0.0941. The van der Waals surface area contributed by atoms with E-state index in [1.54, 1.807) is 29.2 Å². The smallest absolute Gasteiger partial charge is 0.313 e. The lowest BCUT2D eigenvalue weighted by Gasteiger charge is -2.40. The molecule has 1 N–H and O–H groups in total. The van der Waals surface area contributed by atoms with Crippen molar-refractivity contribution in [3.8, 4) is 0 Å². The van der Waals surface area contributed by atoms with Gasteiger partial charge in [-0.25, -0.2) is 0 Å². The van der Waals surface area contributed by atoms with Crippen molar-refractivity contribution < 1.29 is 14.7 Å². The van der Waals surface area contributed by atoms with E-state index in [9.17, 15) is 14.7 Å². The van der Waals surface area contributed by atoms with Crippen LogP contribution in [0.5, 0.6) is 0 Å². The van der Waals surface area contributed by atoms with Gasteiger partial charge >= 0.3 is 5.97 Å². The van der Waals surface area contributed by atoms with E-state index in [4.69, 9.17) is 0 Å². The van der Waals surface area contributed by atoms with Crippen LogP contribution in [0.4, 0.5) is 0 Å². The topological polar surface area (TPSA) is 60.9 Å². The Morgan fingerprint density at radius 3 is 2.62 bits per heavy atom. The van der Waals surface area contributed by atoms with Crippen molar-refractivity contribution in [2.45, 2.75) is 12.0 Å². The molecule has 0 saturated heterocycles. The van der Waals surface area contributed by atoms with Crippen LogP contribution in [0.25, 0.3) is 0 Å². The lowest BCUT2D eigenvalue weighted by molar-refractivity contribution is -0.140. The molecule has 0 fully saturated rings. The van der Waals surface area contributed by atoms with Gasteiger partial charge in [0.1, 0.15) is 5.92 Å². The van der Waals surface area contributed by atoms with Crippen LogP contribution in [0.15, 0.2) is 41.8 Å². The number of rotatable bonds is 5. The zero-order chi connectivity index (χ0) is 17.3. The number of amides is 1. The number of carbonyl (C=O) groups excluding carboxylic acids is 1. The molecule has 2 atom stereocenters. The van der Waals surface area contributed by atoms with E-state index >= 15 is 0 Å². The largest absolute Gasteiger partial charge is 0.481 e. The van der Waals surface area contributed by atoms with Gasteiger partial charge < -0.3 is 14.9 Å². The second-order valence-corrected chi connectivity index (χ2v) is 7.14. The Labute approximate surface area is 145 Å². The number of thiophene rings is 1. The summed E-state index contributed by atoms with van der Waals surface area (Å²) in [6, 6.07) is 10.4. The molecule has 6 heteroatoms. The van der Waals surface area contributed by atoms with Gasteiger partial charge in [0.15, 0.2) is 0 Å². The van der Waals surface area contributed by atoms with Crippen molar-refractivity contribution in [1.29, 1.82) is 0 Å². The minimum atomic E-state index is -0.900. The van der Waals surface area contributed by atoms with Crippen LogP contribution in [0.3, 0.4) is 0 Å². The SMILES string of the molecule is CN(C)CCN1C(=O)c2ccccc2C(C(=O)O)C1c1cccs1. The van der Waals surface area contributed by atoms with Gasteiger partial charge in [-0.1, -0.05) is 24.3 Å². The van der Waals surface area contributed by atoms with Crippen molar-refractivity contribution in [2.75, 3.05) is 27.2 Å². The van der Waals surface area contributed by atoms with Crippen LogP contribution < -0.4 is 0 Å². The Balaban J connectivity index is 2.12. The average molecular weight is 344 g/mol. The molecule has 3 rings (SSSR count). The van der Waals surface area contributed by atoms with Gasteiger partial charge in [-0.2, -0.15) is 0 Å². The number of nitrogens with zero attached hydrogens (tertiary/aromatic N) is 2. The average Bonchev–Trinajstić information content (AvgIpc) is 3.07. The van der Waals surface area contributed by atoms with Gasteiger partial charge in [0.05, 0.1) is 6.04 Å². The van der Waals surface area contributed by atoms with Crippen LogP contribution in [0.2, 0.25) is 0 Å². The summed E-state index contributed by atoms with van der Waals surface area (Å²) in [5, 5.41) is 11.8. The third kappa shape index (κ3) is 2.95. The number of benzene rings is 1. The van der Waals surface area contributed by atoms with Gasteiger partial charge in [0.25, 0.3) is 5.91 Å². The van der Waals surface area contributed by atoms with E-state index in [0.717, 1.165) is 4.88 Å². The first-order valence-corrected chi connectivity index (χ1v) is 8.69. The number of hydrogen-bond donors (Lipinski definition) is 1. The molecule has 0 aliphatic carbocycles. The summed E-state index contributed by atoms with van der Waals surface area (Å²) >= 11 is 1.49. The normalized spacial score (nSPS) is 20.3. The van der Waals surface area contributed by atoms with E-state index < -0.39 is 17.9 Å². The summed E-state index contributed by atoms with van der Waals surface area (Å²) in [7, 11) is 3.88. The first kappa shape index (κ1) is 16.7. The Morgan fingerprint density at radius 1 is 1.25 bits per heavy atom. The standard InChI is InChI=1S/C18H20N2O3S/c1-19(2)9-10-20-16(14-8-5-11-24-14)15(18(22)23)12-6-3-4-7-13(12)17(20)21/h3-8,11,15-16H,9-10H2,1-2H3,(H,22,23). The number of carbonyl (C=O) groups is 2. The number of carboxylic acids is 1. The van der Waals surface area contributed by atoms with Crippen molar-refractivity contribution in [1.82, 2.24) is 9.80 Å². The second kappa shape index (κ2) is 6.75. The third-order valence-corrected chi connectivity index (χ3v) is 5.27. The molecule has 126 valence electrons. The second-order valence-electron chi connectivity index (χ2n) is 6.17. The summed E-state index contributed by atoms with van der Waals surface area (Å²) < 4.78 is 0. The molecule has 1 aromatic carbocycles. The van der Waals surface area contributed by atoms with E-state index in [1.165, 1.54) is 11.3 Å². The quantitative estimate of drug-likeness (QED) is 0.906. The molecule has 2 aromatic rings. The predicted molar refractivity (Wildman–Crippen MR) is 93.5 cm³/mol. The first-order valence-electron chi connectivity index (χ1n) is 7.81. The van der Waals surface area contributed by atoms with E-state index in [0.29, 0.717) is 24.2 Å². The van der Waals surface area contributed by atoms with Crippen molar-refractivity contribution >= 4 is 23.2 Å².